The zero-order chi connectivity index (χ0) is 13.5. The fourth-order valence-corrected chi connectivity index (χ4v) is 1.67. The number of halogens is 1. The standard InChI is InChI=1S/C13H18FNO3/c1-3-9(13(16)17)7-15-8-10-6-11(14)4-5-12(10)18-2/h4-6,9,15H,3,7-8H2,1-2H3,(H,16,17). The number of aliphatic carboxylic acids is 1. The van der Waals surface area contributed by atoms with Crippen molar-refractivity contribution in [2.45, 2.75) is 19.9 Å². The highest BCUT2D eigenvalue weighted by atomic mass is 19.1. The van der Waals surface area contributed by atoms with Gasteiger partial charge >= 0.3 is 5.97 Å². The molecule has 0 aliphatic heterocycles. The molecule has 2 N–H and O–H groups in total. The van der Waals surface area contributed by atoms with E-state index in [0.29, 0.717) is 30.8 Å². The highest BCUT2D eigenvalue weighted by molar-refractivity contribution is 5.70. The number of ether oxygens (including phenoxy) is 1. The van der Waals surface area contributed by atoms with E-state index in [1.54, 1.807) is 6.07 Å². The van der Waals surface area contributed by atoms with E-state index in [1.165, 1.54) is 19.2 Å². The molecule has 1 unspecified atom stereocenters. The van der Waals surface area contributed by atoms with Crippen LogP contribution in [0.4, 0.5) is 4.39 Å². The number of hydrogen-bond donors (Lipinski definition) is 2. The predicted molar refractivity (Wildman–Crippen MR) is 66.1 cm³/mol. The van der Waals surface area contributed by atoms with Gasteiger partial charge in [-0.05, 0) is 24.6 Å². The number of carboxylic acids is 1. The summed E-state index contributed by atoms with van der Waals surface area (Å²) in [6.07, 6.45) is 0.558. The molecule has 18 heavy (non-hydrogen) atoms. The Kier molecular flexibility index (Phi) is 5.58. The Hall–Kier alpha value is -1.62. The number of nitrogens with one attached hydrogen (secondary N) is 1. The molecular weight excluding hydrogens is 237 g/mol. The van der Waals surface area contributed by atoms with Crippen molar-refractivity contribution in [1.29, 1.82) is 0 Å². The van der Waals surface area contributed by atoms with E-state index in [0.717, 1.165) is 0 Å². The van der Waals surface area contributed by atoms with Crippen LogP contribution in [0.15, 0.2) is 18.2 Å². The highest BCUT2D eigenvalue weighted by Crippen LogP contribution is 2.19. The molecule has 100 valence electrons. The van der Waals surface area contributed by atoms with Gasteiger partial charge in [0.05, 0.1) is 13.0 Å². The molecule has 0 spiro atoms. The highest BCUT2D eigenvalue weighted by Gasteiger charge is 2.14. The van der Waals surface area contributed by atoms with Crippen LogP contribution in [0.1, 0.15) is 18.9 Å². The molecule has 0 radical (unpaired) electrons. The average Bonchev–Trinajstić information content (AvgIpc) is 2.34. The number of rotatable bonds is 7. The summed E-state index contributed by atoms with van der Waals surface area (Å²) in [7, 11) is 1.52. The normalized spacial score (nSPS) is 12.2. The molecule has 0 fully saturated rings. The van der Waals surface area contributed by atoms with Crippen molar-refractivity contribution in [3.05, 3.63) is 29.6 Å². The SMILES string of the molecule is CCC(CNCc1cc(F)ccc1OC)C(=O)O. The fraction of sp³-hybridized carbons (Fsp3) is 0.462. The van der Waals surface area contributed by atoms with Crippen molar-refractivity contribution < 1.29 is 19.0 Å². The Balaban J connectivity index is 2.57. The lowest BCUT2D eigenvalue weighted by Gasteiger charge is -2.13. The van der Waals surface area contributed by atoms with Gasteiger partial charge in [-0.2, -0.15) is 0 Å². The smallest absolute Gasteiger partial charge is 0.307 e. The van der Waals surface area contributed by atoms with Gasteiger partial charge in [0.25, 0.3) is 0 Å². The van der Waals surface area contributed by atoms with E-state index in [2.05, 4.69) is 5.32 Å². The average molecular weight is 255 g/mol. The Morgan fingerprint density at radius 3 is 2.83 bits per heavy atom. The number of benzene rings is 1. The second kappa shape index (κ2) is 6.96. The molecule has 0 aliphatic rings. The first-order valence-electron chi connectivity index (χ1n) is 5.84. The molecule has 1 atom stereocenters. The third kappa shape index (κ3) is 4.00. The molecule has 0 bridgehead atoms. The number of carbonyl (C=O) groups is 1. The molecule has 1 aromatic carbocycles. The van der Waals surface area contributed by atoms with E-state index in [4.69, 9.17) is 9.84 Å². The lowest BCUT2D eigenvalue weighted by molar-refractivity contribution is -0.141. The van der Waals surface area contributed by atoms with Crippen LogP contribution in [0.3, 0.4) is 0 Å². The zero-order valence-electron chi connectivity index (χ0n) is 10.6. The van der Waals surface area contributed by atoms with Crippen molar-refractivity contribution in [2.75, 3.05) is 13.7 Å². The third-order valence-corrected chi connectivity index (χ3v) is 2.79. The van der Waals surface area contributed by atoms with Crippen LogP contribution in [0.5, 0.6) is 5.75 Å². The van der Waals surface area contributed by atoms with Crippen LogP contribution in [-0.2, 0) is 11.3 Å². The maximum Gasteiger partial charge on any atom is 0.307 e. The number of methoxy groups -OCH3 is 1. The second-order valence-corrected chi connectivity index (χ2v) is 4.03. The summed E-state index contributed by atoms with van der Waals surface area (Å²) >= 11 is 0. The van der Waals surface area contributed by atoms with Gasteiger partial charge in [0.15, 0.2) is 0 Å². The summed E-state index contributed by atoms with van der Waals surface area (Å²) in [4.78, 5) is 10.8. The van der Waals surface area contributed by atoms with E-state index in [1.807, 2.05) is 6.92 Å². The van der Waals surface area contributed by atoms with Crippen molar-refractivity contribution in [3.63, 3.8) is 0 Å². The first-order valence-corrected chi connectivity index (χ1v) is 5.84. The van der Waals surface area contributed by atoms with Gasteiger partial charge in [0.1, 0.15) is 11.6 Å². The van der Waals surface area contributed by atoms with Gasteiger partial charge in [-0.1, -0.05) is 6.92 Å². The molecule has 1 aromatic rings. The zero-order valence-corrected chi connectivity index (χ0v) is 10.6. The van der Waals surface area contributed by atoms with Gasteiger partial charge in [0, 0.05) is 18.7 Å². The van der Waals surface area contributed by atoms with E-state index in [-0.39, 0.29) is 5.82 Å². The topological polar surface area (TPSA) is 58.6 Å². The van der Waals surface area contributed by atoms with E-state index in [9.17, 15) is 9.18 Å². The largest absolute Gasteiger partial charge is 0.496 e. The minimum atomic E-state index is -0.823. The lowest BCUT2D eigenvalue weighted by atomic mass is 10.1. The van der Waals surface area contributed by atoms with Crippen LogP contribution in [-0.4, -0.2) is 24.7 Å². The summed E-state index contributed by atoms with van der Waals surface area (Å²) in [5.74, 6) is -0.995. The van der Waals surface area contributed by atoms with Crippen LogP contribution >= 0.6 is 0 Å². The molecule has 0 aliphatic carbocycles. The monoisotopic (exact) mass is 255 g/mol. The van der Waals surface area contributed by atoms with Crippen LogP contribution in [0.2, 0.25) is 0 Å². The maximum absolute atomic E-state index is 13.1. The number of hydrogen-bond acceptors (Lipinski definition) is 3. The summed E-state index contributed by atoms with van der Waals surface area (Å²) in [6.45, 7) is 2.56. The van der Waals surface area contributed by atoms with Gasteiger partial charge in [0.2, 0.25) is 0 Å². The molecule has 0 heterocycles. The molecule has 1 rings (SSSR count). The molecular formula is C13H18FNO3. The molecule has 0 aromatic heterocycles. The summed E-state index contributed by atoms with van der Waals surface area (Å²) < 4.78 is 18.2. The van der Waals surface area contributed by atoms with Gasteiger partial charge in [-0.3, -0.25) is 4.79 Å². The fourth-order valence-electron chi connectivity index (χ4n) is 1.67. The number of carboxylic acid groups (broad SMARTS) is 1. The maximum atomic E-state index is 13.1. The van der Waals surface area contributed by atoms with Gasteiger partial charge < -0.3 is 15.2 Å². The molecule has 5 heteroatoms. The molecule has 4 nitrogen and oxygen atoms in total. The predicted octanol–water partition coefficient (Wildman–Crippen LogP) is 2.03. The Morgan fingerprint density at radius 1 is 1.56 bits per heavy atom. The first kappa shape index (κ1) is 14.4. The van der Waals surface area contributed by atoms with Crippen LogP contribution in [0.25, 0.3) is 0 Å². The third-order valence-electron chi connectivity index (χ3n) is 2.79. The minimum Gasteiger partial charge on any atom is -0.496 e. The summed E-state index contributed by atoms with van der Waals surface area (Å²) in [5, 5.41) is 11.9. The minimum absolute atomic E-state index is 0.335. The van der Waals surface area contributed by atoms with Crippen molar-refractivity contribution in [1.82, 2.24) is 5.32 Å². The Morgan fingerprint density at radius 2 is 2.28 bits per heavy atom. The van der Waals surface area contributed by atoms with Crippen LogP contribution in [0, 0.1) is 11.7 Å². The quantitative estimate of drug-likeness (QED) is 0.782. The first-order chi connectivity index (χ1) is 8.58. The van der Waals surface area contributed by atoms with Gasteiger partial charge in [-0.25, -0.2) is 4.39 Å². The Bertz CT molecular complexity index is 409. The molecule has 0 saturated heterocycles. The van der Waals surface area contributed by atoms with Gasteiger partial charge in [-0.15, -0.1) is 0 Å². The summed E-state index contributed by atoms with van der Waals surface area (Å²) in [5.41, 5.74) is 0.678. The molecule has 0 amide bonds. The van der Waals surface area contributed by atoms with E-state index >= 15 is 0 Å². The van der Waals surface area contributed by atoms with Crippen molar-refractivity contribution >= 4 is 5.97 Å². The summed E-state index contributed by atoms with van der Waals surface area (Å²) in [6, 6.07) is 4.27. The molecule has 0 saturated carbocycles. The second-order valence-electron chi connectivity index (χ2n) is 4.03. The van der Waals surface area contributed by atoms with Crippen LogP contribution < -0.4 is 10.1 Å². The lowest BCUT2D eigenvalue weighted by Crippen LogP contribution is -2.27. The van der Waals surface area contributed by atoms with E-state index < -0.39 is 11.9 Å². The Labute approximate surface area is 106 Å². The van der Waals surface area contributed by atoms with Crippen molar-refractivity contribution in [2.24, 2.45) is 5.92 Å². The van der Waals surface area contributed by atoms with Crippen molar-refractivity contribution in [3.8, 4) is 5.75 Å².